The Balaban J connectivity index is 3.75. The van der Waals surface area contributed by atoms with Gasteiger partial charge >= 0.3 is 0 Å². The van der Waals surface area contributed by atoms with Crippen LogP contribution in [0.2, 0.25) is 0 Å². The summed E-state index contributed by atoms with van der Waals surface area (Å²) in [6.45, 7) is 2.53. The summed E-state index contributed by atoms with van der Waals surface area (Å²) in [5.41, 5.74) is 0. The van der Waals surface area contributed by atoms with Crippen molar-refractivity contribution >= 4 is 10.0 Å². The fourth-order valence-corrected chi connectivity index (χ4v) is 1.93. The Kier molecular flexibility index (Phi) is 7.08. The highest BCUT2D eigenvalue weighted by Crippen LogP contribution is 1.99. The lowest BCUT2D eigenvalue weighted by Gasteiger charge is -2.11. The molecule has 0 saturated heterocycles. The van der Waals surface area contributed by atoms with Gasteiger partial charge in [0.25, 0.3) is 0 Å². The van der Waals surface area contributed by atoms with E-state index in [1.807, 2.05) is 6.92 Å². The van der Waals surface area contributed by atoms with Crippen LogP contribution in [0.1, 0.15) is 13.3 Å². The maximum Gasteiger partial charge on any atom is 0.213 e. The predicted octanol–water partition coefficient (Wildman–Crippen LogP) is -0.429. The maximum absolute atomic E-state index is 11.2. The van der Waals surface area contributed by atoms with Crippen molar-refractivity contribution in [1.82, 2.24) is 4.72 Å². The summed E-state index contributed by atoms with van der Waals surface area (Å²) in [6, 6.07) is 0. The summed E-state index contributed by atoms with van der Waals surface area (Å²) in [6.07, 6.45) is 0.604. The minimum Gasteiger partial charge on any atom is -0.396 e. The van der Waals surface area contributed by atoms with Crippen LogP contribution in [0.5, 0.6) is 0 Å². The molecule has 6 heteroatoms. The molecular formula is C8H19NO4S. The Hall–Kier alpha value is -0.170. The van der Waals surface area contributed by atoms with Crippen molar-refractivity contribution in [3.8, 4) is 0 Å². The van der Waals surface area contributed by atoms with Crippen molar-refractivity contribution in [1.29, 1.82) is 0 Å². The fraction of sp³-hybridized carbons (Fsp3) is 1.00. The second kappa shape index (κ2) is 7.17. The highest BCUT2D eigenvalue weighted by molar-refractivity contribution is 7.89. The van der Waals surface area contributed by atoms with Crippen LogP contribution < -0.4 is 4.72 Å². The van der Waals surface area contributed by atoms with E-state index in [9.17, 15) is 8.42 Å². The first kappa shape index (κ1) is 13.8. The summed E-state index contributed by atoms with van der Waals surface area (Å²) >= 11 is 0. The Bertz CT molecular complexity index is 227. The number of hydrogen-bond acceptors (Lipinski definition) is 4. The number of nitrogens with one attached hydrogen (secondary N) is 1. The van der Waals surface area contributed by atoms with Gasteiger partial charge in [-0.25, -0.2) is 13.1 Å². The van der Waals surface area contributed by atoms with Crippen molar-refractivity contribution in [2.24, 2.45) is 5.92 Å². The molecule has 0 amide bonds. The molecule has 0 saturated carbocycles. The summed E-state index contributed by atoms with van der Waals surface area (Å²) in [7, 11) is -1.75. The first-order chi connectivity index (χ1) is 6.52. The molecule has 5 nitrogen and oxygen atoms in total. The summed E-state index contributed by atoms with van der Waals surface area (Å²) in [5, 5.41) is 8.61. The van der Waals surface area contributed by atoms with Crippen LogP contribution in [0, 0.1) is 5.92 Å². The second-order valence-corrected chi connectivity index (χ2v) is 5.20. The first-order valence-corrected chi connectivity index (χ1v) is 6.24. The molecule has 0 aliphatic carbocycles. The zero-order chi connectivity index (χ0) is 11.0. The average molecular weight is 225 g/mol. The monoisotopic (exact) mass is 225 g/mol. The van der Waals surface area contributed by atoms with E-state index in [1.165, 1.54) is 7.11 Å². The minimum atomic E-state index is -3.21. The van der Waals surface area contributed by atoms with Gasteiger partial charge in [0.1, 0.15) is 0 Å². The van der Waals surface area contributed by atoms with Gasteiger partial charge in [0.2, 0.25) is 10.0 Å². The zero-order valence-electron chi connectivity index (χ0n) is 8.69. The van der Waals surface area contributed by atoms with E-state index >= 15 is 0 Å². The molecule has 0 aromatic heterocycles. The molecule has 0 aliphatic rings. The molecule has 0 bridgehead atoms. The number of rotatable bonds is 8. The molecule has 0 spiro atoms. The summed E-state index contributed by atoms with van der Waals surface area (Å²) < 4.78 is 29.6. The van der Waals surface area contributed by atoms with Crippen LogP contribution in [0.3, 0.4) is 0 Å². The van der Waals surface area contributed by atoms with E-state index in [0.717, 1.165) is 0 Å². The first-order valence-electron chi connectivity index (χ1n) is 4.59. The molecule has 0 aromatic rings. The SMILES string of the molecule is COCCS(=O)(=O)NCC(C)CCO. The number of ether oxygens (including phenoxy) is 1. The molecule has 0 heterocycles. The van der Waals surface area contributed by atoms with Crippen LogP contribution in [-0.2, 0) is 14.8 Å². The maximum atomic E-state index is 11.2. The van der Waals surface area contributed by atoms with Gasteiger partial charge in [-0.1, -0.05) is 6.92 Å². The highest BCUT2D eigenvalue weighted by atomic mass is 32.2. The highest BCUT2D eigenvalue weighted by Gasteiger charge is 2.11. The Morgan fingerprint density at radius 3 is 2.64 bits per heavy atom. The van der Waals surface area contributed by atoms with Gasteiger partial charge < -0.3 is 9.84 Å². The van der Waals surface area contributed by atoms with Gasteiger partial charge in [0, 0.05) is 20.3 Å². The smallest absolute Gasteiger partial charge is 0.213 e. The van der Waals surface area contributed by atoms with Gasteiger partial charge in [-0.3, -0.25) is 0 Å². The zero-order valence-corrected chi connectivity index (χ0v) is 9.51. The van der Waals surface area contributed by atoms with Gasteiger partial charge in [-0.2, -0.15) is 0 Å². The van der Waals surface area contributed by atoms with Crippen LogP contribution in [-0.4, -0.2) is 46.1 Å². The molecule has 2 N–H and O–H groups in total. The molecular weight excluding hydrogens is 206 g/mol. The topological polar surface area (TPSA) is 75.6 Å². The average Bonchev–Trinajstić information content (AvgIpc) is 2.13. The lowest BCUT2D eigenvalue weighted by molar-refractivity contribution is 0.216. The van der Waals surface area contributed by atoms with E-state index in [-0.39, 0.29) is 24.9 Å². The third-order valence-corrected chi connectivity index (χ3v) is 3.14. The standard InChI is InChI=1S/C8H19NO4S/c1-8(3-4-10)7-9-14(11,12)6-5-13-2/h8-10H,3-7H2,1-2H3. The Morgan fingerprint density at radius 2 is 2.14 bits per heavy atom. The molecule has 14 heavy (non-hydrogen) atoms. The van der Waals surface area contributed by atoms with E-state index in [2.05, 4.69) is 9.46 Å². The number of aliphatic hydroxyl groups is 1. The fourth-order valence-electron chi connectivity index (χ4n) is 0.857. The molecule has 0 aliphatic heterocycles. The molecule has 0 aromatic carbocycles. The summed E-state index contributed by atoms with van der Waals surface area (Å²) in [5.74, 6) is 0.132. The lowest BCUT2D eigenvalue weighted by Crippen LogP contribution is -2.32. The van der Waals surface area contributed by atoms with Crippen LogP contribution in [0.25, 0.3) is 0 Å². The molecule has 1 unspecified atom stereocenters. The largest absolute Gasteiger partial charge is 0.396 e. The number of hydrogen-bond donors (Lipinski definition) is 2. The quantitative estimate of drug-likeness (QED) is 0.588. The molecule has 0 radical (unpaired) electrons. The van der Waals surface area contributed by atoms with Crippen molar-refractivity contribution in [3.63, 3.8) is 0 Å². The normalized spacial score (nSPS) is 14.2. The Morgan fingerprint density at radius 1 is 1.50 bits per heavy atom. The van der Waals surface area contributed by atoms with Gasteiger partial charge in [-0.05, 0) is 12.3 Å². The van der Waals surface area contributed by atoms with E-state index in [1.54, 1.807) is 0 Å². The lowest BCUT2D eigenvalue weighted by atomic mass is 10.1. The minimum absolute atomic E-state index is 0.0185. The predicted molar refractivity (Wildman–Crippen MR) is 54.5 cm³/mol. The van der Waals surface area contributed by atoms with Gasteiger partial charge in [0.05, 0.1) is 12.4 Å². The van der Waals surface area contributed by atoms with Gasteiger partial charge in [-0.15, -0.1) is 0 Å². The number of sulfonamides is 1. The van der Waals surface area contributed by atoms with Crippen molar-refractivity contribution in [2.45, 2.75) is 13.3 Å². The van der Waals surface area contributed by atoms with Gasteiger partial charge in [0.15, 0.2) is 0 Å². The van der Waals surface area contributed by atoms with Crippen LogP contribution in [0.15, 0.2) is 0 Å². The third kappa shape index (κ3) is 7.25. The molecule has 0 rings (SSSR count). The number of methoxy groups -OCH3 is 1. The van der Waals surface area contributed by atoms with Crippen LogP contribution in [0.4, 0.5) is 0 Å². The molecule has 1 atom stereocenters. The second-order valence-electron chi connectivity index (χ2n) is 3.28. The van der Waals surface area contributed by atoms with Crippen LogP contribution >= 0.6 is 0 Å². The Labute approximate surface area is 85.5 Å². The van der Waals surface area contributed by atoms with E-state index in [4.69, 9.17) is 5.11 Å². The molecule has 0 fully saturated rings. The summed E-state index contributed by atoms with van der Waals surface area (Å²) in [4.78, 5) is 0. The van der Waals surface area contributed by atoms with E-state index < -0.39 is 10.0 Å². The van der Waals surface area contributed by atoms with Crippen molar-refractivity contribution < 1.29 is 18.3 Å². The number of aliphatic hydroxyl groups excluding tert-OH is 1. The third-order valence-electron chi connectivity index (χ3n) is 1.83. The van der Waals surface area contributed by atoms with E-state index in [0.29, 0.717) is 13.0 Å². The molecule has 86 valence electrons. The van der Waals surface area contributed by atoms with Crippen molar-refractivity contribution in [3.05, 3.63) is 0 Å². The van der Waals surface area contributed by atoms with Crippen molar-refractivity contribution in [2.75, 3.05) is 32.6 Å².